The van der Waals surface area contributed by atoms with Crippen molar-refractivity contribution in [3.05, 3.63) is 5.69 Å². The van der Waals surface area contributed by atoms with Crippen LogP contribution < -0.4 is 5.32 Å². The molecular formula is C8H10N6S. The smallest absolute Gasteiger partial charge is 0.134 e. The predicted octanol–water partition coefficient (Wildman–Crippen LogP) is 0.429. The first kappa shape index (κ1) is 11.4. The minimum absolute atomic E-state index is 0.217. The summed E-state index contributed by atoms with van der Waals surface area (Å²) < 4.78 is 3.80. The number of nitriles is 2. The zero-order valence-electron chi connectivity index (χ0n) is 8.27. The van der Waals surface area contributed by atoms with Gasteiger partial charge in [-0.05, 0) is 0 Å². The number of rotatable bonds is 5. The molecule has 78 valence electrons. The minimum Gasteiger partial charge on any atom is -0.377 e. The van der Waals surface area contributed by atoms with Crippen LogP contribution in [0.4, 0.5) is 5.00 Å². The van der Waals surface area contributed by atoms with Gasteiger partial charge in [-0.25, -0.2) is 0 Å². The van der Waals surface area contributed by atoms with Gasteiger partial charge in [0.1, 0.15) is 10.7 Å². The number of hydrogen-bond acceptors (Lipinski definition) is 7. The molecule has 1 N–H and O–H groups in total. The van der Waals surface area contributed by atoms with Gasteiger partial charge in [0.05, 0.1) is 25.2 Å². The normalized spacial score (nSPS) is 9.60. The van der Waals surface area contributed by atoms with Crippen molar-refractivity contribution in [1.29, 1.82) is 10.5 Å². The quantitative estimate of drug-likeness (QED) is 0.727. The summed E-state index contributed by atoms with van der Waals surface area (Å²) >= 11 is 1.26. The van der Waals surface area contributed by atoms with Gasteiger partial charge in [-0.2, -0.15) is 10.5 Å². The van der Waals surface area contributed by atoms with Gasteiger partial charge in [-0.15, -0.1) is 5.10 Å². The molecule has 1 rings (SSSR count). The first-order valence-corrected chi connectivity index (χ1v) is 5.04. The maximum absolute atomic E-state index is 8.57. The topological polar surface area (TPSA) is 88.6 Å². The first-order valence-electron chi connectivity index (χ1n) is 4.27. The highest BCUT2D eigenvalue weighted by Gasteiger charge is 2.11. The molecule has 0 unspecified atom stereocenters. The maximum atomic E-state index is 8.57. The Morgan fingerprint density at radius 2 is 2.07 bits per heavy atom. The van der Waals surface area contributed by atoms with Gasteiger partial charge < -0.3 is 5.32 Å². The fourth-order valence-electron chi connectivity index (χ4n) is 1.08. The molecule has 1 aromatic rings. The second-order valence-corrected chi connectivity index (χ2v) is 3.51. The van der Waals surface area contributed by atoms with Crippen LogP contribution in [0.5, 0.6) is 0 Å². The van der Waals surface area contributed by atoms with Gasteiger partial charge in [0, 0.05) is 25.1 Å². The minimum atomic E-state index is 0.217. The molecule has 0 bridgehead atoms. The summed E-state index contributed by atoms with van der Waals surface area (Å²) in [7, 11) is 1.79. The van der Waals surface area contributed by atoms with E-state index in [1.54, 1.807) is 11.9 Å². The van der Waals surface area contributed by atoms with Crippen molar-refractivity contribution in [3.63, 3.8) is 0 Å². The fraction of sp³-hybridized carbons (Fsp3) is 0.500. The van der Waals surface area contributed by atoms with E-state index in [-0.39, 0.29) is 13.1 Å². The van der Waals surface area contributed by atoms with Crippen LogP contribution in [-0.4, -0.2) is 34.6 Å². The van der Waals surface area contributed by atoms with Crippen molar-refractivity contribution in [1.82, 2.24) is 14.5 Å². The Morgan fingerprint density at radius 1 is 1.40 bits per heavy atom. The van der Waals surface area contributed by atoms with E-state index in [0.717, 1.165) is 10.7 Å². The Hall–Kier alpha value is -1.70. The Morgan fingerprint density at radius 3 is 2.60 bits per heavy atom. The van der Waals surface area contributed by atoms with Crippen molar-refractivity contribution in [3.8, 4) is 12.1 Å². The predicted molar refractivity (Wildman–Crippen MR) is 56.0 cm³/mol. The van der Waals surface area contributed by atoms with Crippen molar-refractivity contribution in [2.75, 3.05) is 25.5 Å². The summed E-state index contributed by atoms with van der Waals surface area (Å²) in [5, 5.41) is 24.9. The molecule has 0 aliphatic heterocycles. The highest BCUT2D eigenvalue weighted by atomic mass is 32.1. The number of anilines is 1. The van der Waals surface area contributed by atoms with Crippen molar-refractivity contribution < 1.29 is 0 Å². The van der Waals surface area contributed by atoms with Gasteiger partial charge in [0.2, 0.25) is 0 Å². The lowest BCUT2D eigenvalue weighted by Crippen LogP contribution is -2.24. The molecule has 0 saturated carbocycles. The van der Waals surface area contributed by atoms with Crippen LogP contribution in [0.15, 0.2) is 0 Å². The third-order valence-electron chi connectivity index (χ3n) is 1.74. The van der Waals surface area contributed by atoms with E-state index < -0.39 is 0 Å². The SMILES string of the molecule is CNc1snnc1CN(CC#N)CC#N. The van der Waals surface area contributed by atoms with E-state index in [1.165, 1.54) is 11.5 Å². The van der Waals surface area contributed by atoms with E-state index in [0.29, 0.717) is 6.54 Å². The van der Waals surface area contributed by atoms with Crippen molar-refractivity contribution in [2.45, 2.75) is 6.54 Å². The lowest BCUT2D eigenvalue weighted by molar-refractivity contribution is 0.331. The van der Waals surface area contributed by atoms with E-state index in [1.807, 2.05) is 12.1 Å². The number of hydrogen-bond donors (Lipinski definition) is 1. The second kappa shape index (κ2) is 5.91. The van der Waals surface area contributed by atoms with E-state index in [9.17, 15) is 0 Å². The Kier molecular flexibility index (Phi) is 4.48. The summed E-state index contributed by atoms with van der Waals surface area (Å²) in [4.78, 5) is 1.71. The molecule has 0 radical (unpaired) electrons. The van der Waals surface area contributed by atoms with Gasteiger partial charge in [-0.3, -0.25) is 4.90 Å². The zero-order chi connectivity index (χ0) is 11.1. The molecular weight excluding hydrogens is 212 g/mol. The van der Waals surface area contributed by atoms with E-state index >= 15 is 0 Å². The van der Waals surface area contributed by atoms with E-state index in [2.05, 4.69) is 14.9 Å². The summed E-state index contributed by atoms with van der Waals surface area (Å²) in [6, 6.07) is 4.02. The molecule has 0 fully saturated rings. The Bertz CT molecular complexity index is 371. The van der Waals surface area contributed by atoms with Gasteiger partial charge in [0.25, 0.3) is 0 Å². The van der Waals surface area contributed by atoms with Crippen LogP contribution in [0.2, 0.25) is 0 Å². The second-order valence-electron chi connectivity index (χ2n) is 2.76. The number of nitrogens with zero attached hydrogens (tertiary/aromatic N) is 5. The van der Waals surface area contributed by atoms with Crippen molar-refractivity contribution in [2.24, 2.45) is 0 Å². The molecule has 0 aliphatic rings. The van der Waals surface area contributed by atoms with E-state index in [4.69, 9.17) is 10.5 Å². The molecule has 0 aliphatic carbocycles. The monoisotopic (exact) mass is 222 g/mol. The molecule has 7 heteroatoms. The molecule has 15 heavy (non-hydrogen) atoms. The molecule has 0 amide bonds. The summed E-state index contributed by atoms with van der Waals surface area (Å²) in [5.41, 5.74) is 0.771. The van der Waals surface area contributed by atoms with Gasteiger partial charge in [0.15, 0.2) is 0 Å². The molecule has 0 atom stereocenters. The van der Waals surface area contributed by atoms with Crippen LogP contribution in [-0.2, 0) is 6.54 Å². The largest absolute Gasteiger partial charge is 0.377 e. The van der Waals surface area contributed by atoms with Crippen LogP contribution >= 0.6 is 11.5 Å². The van der Waals surface area contributed by atoms with Crippen LogP contribution in [0.1, 0.15) is 5.69 Å². The zero-order valence-corrected chi connectivity index (χ0v) is 9.08. The molecule has 0 spiro atoms. The van der Waals surface area contributed by atoms with Gasteiger partial charge >= 0.3 is 0 Å². The summed E-state index contributed by atoms with van der Waals surface area (Å²) in [6.07, 6.45) is 0. The molecule has 6 nitrogen and oxygen atoms in total. The number of nitrogens with one attached hydrogen (secondary N) is 1. The standard InChI is InChI=1S/C8H10N6S/c1-11-8-7(12-13-15-8)6-14(4-2-9)5-3-10/h11H,4-6H2,1H3. The fourth-order valence-corrected chi connectivity index (χ4v) is 1.60. The molecule has 0 aromatic carbocycles. The highest BCUT2D eigenvalue weighted by molar-refractivity contribution is 7.10. The van der Waals surface area contributed by atoms with Crippen LogP contribution in [0.25, 0.3) is 0 Å². The average Bonchev–Trinajstić information content (AvgIpc) is 2.66. The van der Waals surface area contributed by atoms with Crippen molar-refractivity contribution >= 4 is 16.5 Å². The van der Waals surface area contributed by atoms with Gasteiger partial charge in [-0.1, -0.05) is 4.49 Å². The summed E-state index contributed by atoms with van der Waals surface area (Å²) in [5.74, 6) is 0. The summed E-state index contributed by atoms with van der Waals surface area (Å²) in [6.45, 7) is 0.899. The lowest BCUT2D eigenvalue weighted by atomic mass is 10.4. The molecule has 1 aromatic heterocycles. The highest BCUT2D eigenvalue weighted by Crippen LogP contribution is 2.17. The third-order valence-corrected chi connectivity index (χ3v) is 2.53. The van der Waals surface area contributed by atoms with Crippen LogP contribution in [0.3, 0.4) is 0 Å². The Balaban J connectivity index is 2.66. The maximum Gasteiger partial charge on any atom is 0.134 e. The lowest BCUT2D eigenvalue weighted by Gasteiger charge is -2.13. The Labute approximate surface area is 91.9 Å². The molecule has 0 saturated heterocycles. The molecule has 1 heterocycles. The third kappa shape index (κ3) is 3.17. The first-order chi connectivity index (χ1) is 7.31. The van der Waals surface area contributed by atoms with Crippen LogP contribution in [0, 0.1) is 22.7 Å². The average molecular weight is 222 g/mol. The number of aromatic nitrogens is 2.